The predicted molar refractivity (Wildman–Crippen MR) is 73.0 cm³/mol. The Kier molecular flexibility index (Phi) is 4.09. The molecule has 0 aliphatic rings. The number of benzene rings is 1. The number of para-hydroxylation sites is 1. The lowest BCUT2D eigenvalue weighted by Gasteiger charge is -2.28. The molecule has 0 aliphatic carbocycles. The van der Waals surface area contributed by atoms with E-state index >= 15 is 0 Å². The zero-order valence-corrected chi connectivity index (χ0v) is 11.2. The van der Waals surface area contributed by atoms with E-state index in [9.17, 15) is 0 Å². The minimum absolute atomic E-state index is 0.292. The molecule has 1 atom stereocenters. The molecule has 0 saturated heterocycles. The van der Waals surface area contributed by atoms with E-state index < -0.39 is 0 Å². The van der Waals surface area contributed by atoms with Crippen LogP contribution in [0.2, 0.25) is 5.02 Å². The average Bonchev–Trinajstić information content (AvgIpc) is 2.18. The first-order chi connectivity index (χ1) is 7.32. The molecule has 0 aromatic heterocycles. The van der Waals surface area contributed by atoms with Crippen LogP contribution in [0.3, 0.4) is 0 Å². The largest absolute Gasteiger partial charge is 0.396 e. The lowest BCUT2D eigenvalue weighted by atomic mass is 9.82. The summed E-state index contributed by atoms with van der Waals surface area (Å²) in [5, 5.41) is 3.96. The lowest BCUT2D eigenvalue weighted by molar-refractivity contribution is 0.274. The van der Waals surface area contributed by atoms with E-state index in [0.29, 0.717) is 22.0 Å². The molecular weight excluding hydrogens is 220 g/mol. The molecule has 1 aromatic carbocycles. The Morgan fingerprint density at radius 2 is 2.00 bits per heavy atom. The average molecular weight is 241 g/mol. The van der Waals surface area contributed by atoms with Crippen molar-refractivity contribution >= 4 is 23.0 Å². The van der Waals surface area contributed by atoms with Crippen molar-refractivity contribution < 1.29 is 0 Å². The highest BCUT2D eigenvalue weighted by Crippen LogP contribution is 2.29. The Balaban J connectivity index is 2.65. The zero-order valence-electron chi connectivity index (χ0n) is 10.5. The van der Waals surface area contributed by atoms with E-state index in [-0.39, 0.29) is 0 Å². The number of anilines is 2. The van der Waals surface area contributed by atoms with Gasteiger partial charge in [-0.3, -0.25) is 0 Å². The third-order valence-electron chi connectivity index (χ3n) is 3.13. The van der Waals surface area contributed by atoms with Crippen LogP contribution in [-0.2, 0) is 0 Å². The van der Waals surface area contributed by atoms with E-state index in [2.05, 4.69) is 33.0 Å². The molecule has 3 N–H and O–H groups in total. The van der Waals surface area contributed by atoms with Crippen LogP contribution in [0.1, 0.15) is 27.7 Å². The van der Waals surface area contributed by atoms with Gasteiger partial charge in [-0.2, -0.15) is 0 Å². The summed E-state index contributed by atoms with van der Waals surface area (Å²) in [6.07, 6.45) is 0. The first kappa shape index (κ1) is 13.2. The second-order valence-electron chi connectivity index (χ2n) is 5.35. The van der Waals surface area contributed by atoms with Gasteiger partial charge < -0.3 is 11.1 Å². The number of hydrogen-bond acceptors (Lipinski definition) is 2. The van der Waals surface area contributed by atoms with E-state index in [0.717, 1.165) is 12.2 Å². The topological polar surface area (TPSA) is 38.0 Å². The molecule has 0 radical (unpaired) electrons. The van der Waals surface area contributed by atoms with Crippen LogP contribution in [-0.4, -0.2) is 6.54 Å². The highest BCUT2D eigenvalue weighted by Gasteiger charge is 2.19. The second kappa shape index (κ2) is 4.96. The summed E-state index contributed by atoms with van der Waals surface area (Å²) in [4.78, 5) is 0. The van der Waals surface area contributed by atoms with Gasteiger partial charge in [0.25, 0.3) is 0 Å². The molecule has 1 unspecified atom stereocenters. The first-order valence-electron chi connectivity index (χ1n) is 5.60. The summed E-state index contributed by atoms with van der Waals surface area (Å²) in [6, 6.07) is 5.66. The minimum atomic E-state index is 0.292. The van der Waals surface area contributed by atoms with Crippen LogP contribution >= 0.6 is 11.6 Å². The second-order valence-corrected chi connectivity index (χ2v) is 5.76. The summed E-state index contributed by atoms with van der Waals surface area (Å²) in [6.45, 7) is 9.84. The fourth-order valence-corrected chi connectivity index (χ4v) is 1.43. The van der Waals surface area contributed by atoms with Gasteiger partial charge in [0.15, 0.2) is 0 Å². The smallest absolute Gasteiger partial charge is 0.0739 e. The van der Waals surface area contributed by atoms with Gasteiger partial charge in [0.2, 0.25) is 0 Å². The Bertz CT molecular complexity index is 355. The third-order valence-corrected chi connectivity index (χ3v) is 3.46. The van der Waals surface area contributed by atoms with Gasteiger partial charge in [-0.15, -0.1) is 0 Å². The Morgan fingerprint density at radius 3 is 2.56 bits per heavy atom. The molecule has 0 bridgehead atoms. The SMILES string of the molecule is CC(CNc1cccc(Cl)c1N)C(C)(C)C. The fourth-order valence-electron chi connectivity index (χ4n) is 1.26. The zero-order chi connectivity index (χ0) is 12.3. The van der Waals surface area contributed by atoms with Crippen molar-refractivity contribution in [1.29, 1.82) is 0 Å². The van der Waals surface area contributed by atoms with Gasteiger partial charge in [-0.05, 0) is 23.5 Å². The number of nitrogen functional groups attached to an aromatic ring is 1. The molecule has 0 amide bonds. The molecule has 1 rings (SSSR count). The summed E-state index contributed by atoms with van der Waals surface area (Å²) < 4.78 is 0. The maximum atomic E-state index is 5.95. The number of nitrogens with one attached hydrogen (secondary N) is 1. The standard InChI is InChI=1S/C13H21ClN2/c1-9(13(2,3)4)8-16-11-7-5-6-10(14)12(11)15/h5-7,9,16H,8,15H2,1-4H3. The fraction of sp³-hybridized carbons (Fsp3) is 0.538. The molecule has 1 aromatic rings. The van der Waals surface area contributed by atoms with Gasteiger partial charge in [-0.25, -0.2) is 0 Å². The Labute approximate surface area is 103 Å². The van der Waals surface area contributed by atoms with Crippen molar-refractivity contribution in [3.63, 3.8) is 0 Å². The third kappa shape index (κ3) is 3.31. The summed E-state index contributed by atoms with van der Waals surface area (Å²) >= 11 is 5.95. The summed E-state index contributed by atoms with van der Waals surface area (Å²) in [5.41, 5.74) is 7.73. The molecule has 0 spiro atoms. The van der Waals surface area contributed by atoms with Crippen LogP contribution in [0.5, 0.6) is 0 Å². The van der Waals surface area contributed by atoms with Crippen molar-refractivity contribution in [2.45, 2.75) is 27.7 Å². The van der Waals surface area contributed by atoms with Gasteiger partial charge in [0.05, 0.1) is 16.4 Å². The van der Waals surface area contributed by atoms with Crippen LogP contribution in [0.4, 0.5) is 11.4 Å². The van der Waals surface area contributed by atoms with Crippen LogP contribution in [0.25, 0.3) is 0 Å². The van der Waals surface area contributed by atoms with E-state index in [1.54, 1.807) is 6.07 Å². The van der Waals surface area contributed by atoms with E-state index in [1.165, 1.54) is 0 Å². The molecule has 16 heavy (non-hydrogen) atoms. The van der Waals surface area contributed by atoms with Crippen molar-refractivity contribution in [2.24, 2.45) is 11.3 Å². The maximum Gasteiger partial charge on any atom is 0.0739 e. The number of halogens is 1. The molecule has 90 valence electrons. The van der Waals surface area contributed by atoms with Crippen molar-refractivity contribution in [3.8, 4) is 0 Å². The highest BCUT2D eigenvalue weighted by atomic mass is 35.5. The monoisotopic (exact) mass is 240 g/mol. The molecule has 0 fully saturated rings. The maximum absolute atomic E-state index is 5.95. The van der Waals surface area contributed by atoms with Gasteiger partial charge in [-0.1, -0.05) is 45.4 Å². The van der Waals surface area contributed by atoms with E-state index in [4.69, 9.17) is 17.3 Å². The minimum Gasteiger partial charge on any atom is -0.396 e. The molecule has 0 saturated carbocycles. The molecular formula is C13H21ClN2. The van der Waals surface area contributed by atoms with Crippen molar-refractivity contribution in [3.05, 3.63) is 23.2 Å². The van der Waals surface area contributed by atoms with E-state index in [1.807, 2.05) is 12.1 Å². The number of rotatable bonds is 3. The van der Waals surface area contributed by atoms with Gasteiger partial charge in [0, 0.05) is 6.54 Å². The number of nitrogens with two attached hydrogens (primary N) is 1. The van der Waals surface area contributed by atoms with Crippen LogP contribution in [0.15, 0.2) is 18.2 Å². The molecule has 3 heteroatoms. The summed E-state index contributed by atoms with van der Waals surface area (Å²) in [5.74, 6) is 0.561. The van der Waals surface area contributed by atoms with Crippen LogP contribution < -0.4 is 11.1 Å². The first-order valence-corrected chi connectivity index (χ1v) is 5.98. The lowest BCUT2D eigenvalue weighted by Crippen LogP contribution is -2.25. The molecule has 2 nitrogen and oxygen atoms in total. The van der Waals surface area contributed by atoms with Crippen molar-refractivity contribution in [1.82, 2.24) is 0 Å². The summed E-state index contributed by atoms with van der Waals surface area (Å²) in [7, 11) is 0. The van der Waals surface area contributed by atoms with Crippen molar-refractivity contribution in [2.75, 3.05) is 17.6 Å². The normalized spacial score (nSPS) is 13.6. The molecule has 0 heterocycles. The van der Waals surface area contributed by atoms with Crippen LogP contribution in [0, 0.1) is 11.3 Å². The predicted octanol–water partition coefficient (Wildman–Crippen LogP) is 4.02. The number of hydrogen-bond donors (Lipinski definition) is 2. The Hall–Kier alpha value is -0.890. The van der Waals surface area contributed by atoms with Gasteiger partial charge >= 0.3 is 0 Å². The highest BCUT2D eigenvalue weighted by molar-refractivity contribution is 6.33. The molecule has 0 aliphatic heterocycles. The Morgan fingerprint density at radius 1 is 1.38 bits per heavy atom. The van der Waals surface area contributed by atoms with Gasteiger partial charge in [0.1, 0.15) is 0 Å². The quantitative estimate of drug-likeness (QED) is 0.784.